The number of aromatic nitrogens is 4. The van der Waals surface area contributed by atoms with E-state index >= 15 is 0 Å². The topological polar surface area (TPSA) is 87.4 Å². The number of fused-ring (bicyclic) bond motifs is 1. The normalized spacial score (nSPS) is 10.8. The first-order valence-corrected chi connectivity index (χ1v) is 6.07. The lowest BCUT2D eigenvalue weighted by Crippen LogP contribution is -2.13. The second-order valence-electron chi connectivity index (χ2n) is 4.33. The molecule has 0 saturated heterocycles. The lowest BCUT2D eigenvalue weighted by Gasteiger charge is -2.02. The van der Waals surface area contributed by atoms with Crippen LogP contribution < -0.4 is 5.73 Å². The molecule has 0 radical (unpaired) electrons. The summed E-state index contributed by atoms with van der Waals surface area (Å²) in [5.74, 6) is -0.384. The maximum Gasteiger partial charge on any atom is 0.328 e. The molecule has 7 heteroatoms. The van der Waals surface area contributed by atoms with Gasteiger partial charge in [-0.3, -0.25) is 9.48 Å². The fraction of sp³-hybridized carbons (Fsp3) is 0.154. The van der Waals surface area contributed by atoms with Crippen molar-refractivity contribution in [3.8, 4) is 0 Å². The molecule has 3 aromatic heterocycles. The average Bonchev–Trinajstić information content (AvgIpc) is 3.02. The molecule has 0 fully saturated rings. The lowest BCUT2D eigenvalue weighted by atomic mass is 10.5. The van der Waals surface area contributed by atoms with E-state index in [1.54, 1.807) is 6.20 Å². The van der Waals surface area contributed by atoms with E-state index in [-0.39, 0.29) is 19.1 Å². The van der Waals surface area contributed by atoms with Gasteiger partial charge in [0, 0.05) is 18.6 Å². The van der Waals surface area contributed by atoms with Crippen molar-refractivity contribution >= 4 is 17.3 Å². The van der Waals surface area contributed by atoms with Crippen molar-refractivity contribution in [1.82, 2.24) is 19.2 Å². The number of nitrogen functional groups attached to an aromatic ring is 1. The fourth-order valence-electron chi connectivity index (χ4n) is 1.86. The average molecular weight is 271 g/mol. The molecule has 0 unspecified atom stereocenters. The third kappa shape index (κ3) is 2.61. The first-order valence-electron chi connectivity index (χ1n) is 6.07. The highest BCUT2D eigenvalue weighted by atomic mass is 16.5. The van der Waals surface area contributed by atoms with Gasteiger partial charge in [0.2, 0.25) is 0 Å². The lowest BCUT2D eigenvalue weighted by molar-refractivity contribution is -0.146. The van der Waals surface area contributed by atoms with Crippen LogP contribution in [0.3, 0.4) is 0 Å². The van der Waals surface area contributed by atoms with Crippen LogP contribution in [0.5, 0.6) is 0 Å². The molecule has 0 atom stereocenters. The summed E-state index contributed by atoms with van der Waals surface area (Å²) in [7, 11) is 0. The minimum Gasteiger partial charge on any atom is -0.458 e. The van der Waals surface area contributed by atoms with Crippen LogP contribution in [0.4, 0.5) is 5.69 Å². The standard InChI is InChI=1S/C13H13N5O2/c14-10-5-15-18(6-10)8-13(19)20-9-11-7-17-4-2-1-3-12(17)16-11/h1-7H,8-9,14H2. The molecule has 0 aliphatic carbocycles. The number of rotatable bonds is 4. The Morgan fingerprint density at radius 2 is 2.25 bits per heavy atom. The van der Waals surface area contributed by atoms with E-state index in [0.29, 0.717) is 11.4 Å². The van der Waals surface area contributed by atoms with Gasteiger partial charge in [-0.25, -0.2) is 4.98 Å². The third-order valence-corrected chi connectivity index (χ3v) is 2.74. The molecule has 0 saturated carbocycles. The van der Waals surface area contributed by atoms with Crippen molar-refractivity contribution in [2.75, 3.05) is 5.73 Å². The number of imidazole rings is 1. The van der Waals surface area contributed by atoms with Gasteiger partial charge >= 0.3 is 5.97 Å². The molecule has 0 amide bonds. The van der Waals surface area contributed by atoms with Crippen molar-refractivity contribution in [3.05, 3.63) is 48.7 Å². The van der Waals surface area contributed by atoms with E-state index in [9.17, 15) is 4.79 Å². The summed E-state index contributed by atoms with van der Waals surface area (Å²) in [5.41, 5.74) is 7.54. The zero-order valence-electron chi connectivity index (χ0n) is 10.6. The van der Waals surface area contributed by atoms with Crippen LogP contribution in [-0.4, -0.2) is 25.1 Å². The molecule has 0 bridgehead atoms. The number of hydrogen-bond acceptors (Lipinski definition) is 5. The van der Waals surface area contributed by atoms with E-state index < -0.39 is 0 Å². The van der Waals surface area contributed by atoms with Gasteiger partial charge in [0.25, 0.3) is 0 Å². The number of nitrogens with zero attached hydrogens (tertiary/aromatic N) is 4. The Morgan fingerprint density at radius 1 is 1.35 bits per heavy atom. The van der Waals surface area contributed by atoms with Crippen molar-refractivity contribution in [2.45, 2.75) is 13.2 Å². The van der Waals surface area contributed by atoms with Gasteiger partial charge in [-0.05, 0) is 12.1 Å². The van der Waals surface area contributed by atoms with Crippen LogP contribution >= 0.6 is 0 Å². The zero-order valence-corrected chi connectivity index (χ0v) is 10.6. The highest BCUT2D eigenvalue weighted by molar-refractivity contribution is 5.69. The third-order valence-electron chi connectivity index (χ3n) is 2.74. The summed E-state index contributed by atoms with van der Waals surface area (Å²) >= 11 is 0. The molecule has 0 aromatic carbocycles. The van der Waals surface area contributed by atoms with Crippen LogP contribution in [0.2, 0.25) is 0 Å². The van der Waals surface area contributed by atoms with E-state index in [1.165, 1.54) is 10.9 Å². The van der Waals surface area contributed by atoms with Crippen LogP contribution in [0.15, 0.2) is 43.0 Å². The Hall–Kier alpha value is -2.83. The molecule has 0 aliphatic rings. The number of esters is 1. The predicted molar refractivity (Wildman–Crippen MR) is 71.6 cm³/mol. The fourth-order valence-corrected chi connectivity index (χ4v) is 1.86. The van der Waals surface area contributed by atoms with Gasteiger partial charge in [-0.1, -0.05) is 6.07 Å². The van der Waals surface area contributed by atoms with Crippen LogP contribution in [0.25, 0.3) is 5.65 Å². The van der Waals surface area contributed by atoms with E-state index in [1.807, 2.05) is 35.0 Å². The number of anilines is 1. The highest BCUT2D eigenvalue weighted by Crippen LogP contribution is 2.06. The molecule has 0 aliphatic heterocycles. The monoisotopic (exact) mass is 271 g/mol. The Labute approximate surface area is 114 Å². The van der Waals surface area contributed by atoms with E-state index in [2.05, 4.69) is 10.1 Å². The minimum absolute atomic E-state index is 0.0323. The summed E-state index contributed by atoms with van der Waals surface area (Å²) in [6.45, 7) is 0.168. The van der Waals surface area contributed by atoms with Crippen molar-refractivity contribution < 1.29 is 9.53 Å². The molecule has 20 heavy (non-hydrogen) atoms. The Morgan fingerprint density at radius 3 is 3.00 bits per heavy atom. The van der Waals surface area contributed by atoms with Crippen molar-refractivity contribution in [1.29, 1.82) is 0 Å². The first kappa shape index (κ1) is 12.2. The van der Waals surface area contributed by atoms with Crippen LogP contribution in [-0.2, 0) is 22.7 Å². The van der Waals surface area contributed by atoms with Gasteiger partial charge in [0.1, 0.15) is 18.8 Å². The molecular formula is C13H13N5O2. The minimum atomic E-state index is -0.384. The maximum absolute atomic E-state index is 11.7. The smallest absolute Gasteiger partial charge is 0.328 e. The van der Waals surface area contributed by atoms with E-state index in [0.717, 1.165) is 5.65 Å². The quantitative estimate of drug-likeness (QED) is 0.711. The number of ether oxygens (including phenoxy) is 1. The zero-order chi connectivity index (χ0) is 13.9. The number of hydrogen-bond donors (Lipinski definition) is 1. The van der Waals surface area contributed by atoms with Gasteiger partial charge < -0.3 is 14.9 Å². The summed E-state index contributed by atoms with van der Waals surface area (Å²) in [5, 5.41) is 3.92. The van der Waals surface area contributed by atoms with Crippen LogP contribution in [0.1, 0.15) is 5.69 Å². The largest absolute Gasteiger partial charge is 0.458 e. The predicted octanol–water partition coefficient (Wildman–Crippen LogP) is 0.856. The molecule has 2 N–H and O–H groups in total. The van der Waals surface area contributed by atoms with Crippen LogP contribution in [0, 0.1) is 0 Å². The SMILES string of the molecule is Nc1cnn(CC(=O)OCc2cn3ccccc3n2)c1. The summed E-state index contributed by atoms with van der Waals surface area (Å²) < 4.78 is 8.46. The Bertz CT molecular complexity index is 713. The highest BCUT2D eigenvalue weighted by Gasteiger charge is 2.07. The summed E-state index contributed by atoms with van der Waals surface area (Å²) in [4.78, 5) is 16.0. The summed E-state index contributed by atoms with van der Waals surface area (Å²) in [6.07, 6.45) is 6.77. The maximum atomic E-state index is 11.7. The molecule has 102 valence electrons. The summed E-state index contributed by atoms with van der Waals surface area (Å²) in [6, 6.07) is 5.70. The second-order valence-corrected chi connectivity index (χ2v) is 4.33. The first-order chi connectivity index (χ1) is 9.70. The van der Waals surface area contributed by atoms with Crippen molar-refractivity contribution in [3.63, 3.8) is 0 Å². The second kappa shape index (κ2) is 5.04. The van der Waals surface area contributed by atoms with Gasteiger partial charge in [0.05, 0.1) is 17.6 Å². The van der Waals surface area contributed by atoms with Gasteiger partial charge in [0.15, 0.2) is 0 Å². The van der Waals surface area contributed by atoms with Crippen molar-refractivity contribution in [2.24, 2.45) is 0 Å². The van der Waals surface area contributed by atoms with E-state index in [4.69, 9.17) is 10.5 Å². The number of carbonyl (C=O) groups excluding carboxylic acids is 1. The Kier molecular flexibility index (Phi) is 3.08. The molecule has 3 heterocycles. The number of pyridine rings is 1. The number of nitrogens with two attached hydrogens (primary N) is 1. The molecule has 7 nitrogen and oxygen atoms in total. The van der Waals surface area contributed by atoms with Gasteiger partial charge in [-0.2, -0.15) is 5.10 Å². The molecule has 3 rings (SSSR count). The number of carbonyl (C=O) groups is 1. The molecule has 3 aromatic rings. The molecule has 0 spiro atoms. The van der Waals surface area contributed by atoms with Gasteiger partial charge in [-0.15, -0.1) is 0 Å². The molecular weight excluding hydrogens is 258 g/mol. The Balaban J connectivity index is 1.59.